The minimum absolute atomic E-state index is 0.00743. The number of nitrogens with zero attached hydrogens (tertiary/aromatic N) is 2. The Morgan fingerprint density at radius 1 is 1.24 bits per heavy atom. The Hall–Kier alpha value is -1.49. The van der Waals surface area contributed by atoms with Gasteiger partial charge in [-0.1, -0.05) is 34.6 Å². The van der Waals surface area contributed by atoms with Gasteiger partial charge in [-0.05, 0) is 30.1 Å². The number of ether oxygens (including phenoxy) is 1. The van der Waals surface area contributed by atoms with Crippen molar-refractivity contribution >= 4 is 5.78 Å². The predicted octanol–water partition coefficient (Wildman–Crippen LogP) is 4.12. The van der Waals surface area contributed by atoms with Crippen molar-refractivity contribution in [1.29, 1.82) is 0 Å². The maximum absolute atomic E-state index is 13.2. The van der Waals surface area contributed by atoms with E-state index in [0.717, 1.165) is 36.4 Å². The van der Waals surface area contributed by atoms with Crippen molar-refractivity contribution in [2.75, 3.05) is 13.2 Å². The molecule has 4 aliphatic rings. The van der Waals surface area contributed by atoms with E-state index >= 15 is 0 Å². The number of fused-ring (bicyclic) bond motifs is 2. The molecule has 1 spiro atoms. The first-order chi connectivity index (χ1) is 11.6. The van der Waals surface area contributed by atoms with Crippen LogP contribution in [0.3, 0.4) is 0 Å². The van der Waals surface area contributed by atoms with E-state index in [4.69, 9.17) is 4.74 Å². The third-order valence-corrected chi connectivity index (χ3v) is 6.23. The van der Waals surface area contributed by atoms with Gasteiger partial charge in [0.15, 0.2) is 11.6 Å². The molecule has 0 aromatic heterocycles. The van der Waals surface area contributed by atoms with Crippen LogP contribution in [0.1, 0.15) is 60.3 Å². The van der Waals surface area contributed by atoms with Crippen LogP contribution < -0.4 is 5.32 Å². The van der Waals surface area contributed by atoms with Gasteiger partial charge in [0.05, 0.1) is 12.6 Å². The highest BCUT2D eigenvalue weighted by Gasteiger charge is 2.54. The van der Waals surface area contributed by atoms with E-state index < -0.39 is 0 Å². The molecule has 3 heterocycles. The molecule has 2 atom stereocenters. The molecule has 1 saturated heterocycles. The molecule has 0 saturated carbocycles. The first-order valence-electron chi connectivity index (χ1n) is 9.39. The molecule has 0 unspecified atom stereocenters. The molecular formula is C20H29N3O2. The highest BCUT2D eigenvalue weighted by Crippen LogP contribution is 2.56. The van der Waals surface area contributed by atoms with Gasteiger partial charge in [-0.25, -0.2) is 0 Å². The topological polar surface area (TPSA) is 63.0 Å². The molecule has 5 nitrogen and oxygen atoms in total. The van der Waals surface area contributed by atoms with Crippen molar-refractivity contribution in [3.8, 4) is 0 Å². The van der Waals surface area contributed by atoms with Crippen molar-refractivity contribution in [2.45, 2.75) is 66.4 Å². The molecule has 1 aliphatic carbocycles. The van der Waals surface area contributed by atoms with Crippen LogP contribution in [0.15, 0.2) is 32.9 Å². The summed E-state index contributed by atoms with van der Waals surface area (Å²) in [5.74, 6) is 1.19. The van der Waals surface area contributed by atoms with Crippen LogP contribution in [-0.2, 0) is 9.53 Å². The second-order valence-corrected chi connectivity index (χ2v) is 9.91. The summed E-state index contributed by atoms with van der Waals surface area (Å²) < 4.78 is 6.14. The zero-order valence-electron chi connectivity index (χ0n) is 16.0. The average Bonchev–Trinajstić information content (AvgIpc) is 2.93. The summed E-state index contributed by atoms with van der Waals surface area (Å²) in [6, 6.07) is 0. The molecule has 3 aliphatic heterocycles. The molecule has 25 heavy (non-hydrogen) atoms. The summed E-state index contributed by atoms with van der Waals surface area (Å²) in [5.41, 5.74) is 3.09. The first kappa shape index (κ1) is 17.0. The maximum atomic E-state index is 13.2. The molecule has 4 rings (SSSR count). The number of dihydropyridines is 1. The van der Waals surface area contributed by atoms with Crippen LogP contribution >= 0.6 is 0 Å². The maximum Gasteiger partial charge on any atom is 0.162 e. The van der Waals surface area contributed by atoms with Gasteiger partial charge in [0.25, 0.3) is 0 Å². The summed E-state index contributed by atoms with van der Waals surface area (Å²) in [7, 11) is 0. The zero-order valence-corrected chi connectivity index (χ0v) is 16.0. The molecule has 0 aromatic carbocycles. The number of hydrogen-bond donors (Lipinski definition) is 1. The number of carbonyl (C=O) groups is 1. The number of azo groups is 1. The van der Waals surface area contributed by atoms with Gasteiger partial charge >= 0.3 is 0 Å². The zero-order chi connectivity index (χ0) is 18.0. The number of ketones is 1. The molecule has 136 valence electrons. The van der Waals surface area contributed by atoms with Crippen LogP contribution in [0.2, 0.25) is 0 Å². The van der Waals surface area contributed by atoms with E-state index in [-0.39, 0.29) is 22.3 Å². The summed E-state index contributed by atoms with van der Waals surface area (Å²) >= 11 is 0. The van der Waals surface area contributed by atoms with Gasteiger partial charge in [-0.15, -0.1) is 5.11 Å². The standard InChI is InChI=1S/C20H29N3O2/c1-18(2,3)15-10-20(6-7-25-15)12-11-21-23-17(12)22-13-8-19(4,5)9-14(24)16(13)20/h15,22H,6-11H2,1-5H3/t15-,20-/m0/s1. The van der Waals surface area contributed by atoms with Gasteiger partial charge in [-0.2, -0.15) is 5.11 Å². The van der Waals surface area contributed by atoms with Gasteiger partial charge in [0, 0.05) is 35.3 Å². The van der Waals surface area contributed by atoms with Crippen molar-refractivity contribution in [2.24, 2.45) is 26.5 Å². The Bertz CT molecular complexity index is 724. The molecule has 0 bridgehead atoms. The van der Waals surface area contributed by atoms with E-state index in [1.165, 1.54) is 5.57 Å². The highest BCUT2D eigenvalue weighted by molar-refractivity contribution is 6.00. The van der Waals surface area contributed by atoms with E-state index in [0.29, 0.717) is 25.4 Å². The molecule has 1 fully saturated rings. The summed E-state index contributed by atoms with van der Waals surface area (Å²) in [4.78, 5) is 13.2. The lowest BCUT2D eigenvalue weighted by Gasteiger charge is -2.50. The fraction of sp³-hybridized carbons (Fsp3) is 0.750. The largest absolute Gasteiger partial charge is 0.378 e. The fourth-order valence-electron chi connectivity index (χ4n) is 4.98. The number of Topliss-reactive ketones (excluding diaryl/α,β-unsaturated/α-hetero) is 1. The third-order valence-electron chi connectivity index (χ3n) is 6.23. The third kappa shape index (κ3) is 2.59. The molecule has 0 radical (unpaired) electrons. The van der Waals surface area contributed by atoms with Crippen LogP contribution in [-0.4, -0.2) is 25.0 Å². The van der Waals surface area contributed by atoms with Gasteiger partial charge in [0.1, 0.15) is 0 Å². The smallest absolute Gasteiger partial charge is 0.162 e. The summed E-state index contributed by atoms with van der Waals surface area (Å²) in [6.07, 6.45) is 3.35. The van der Waals surface area contributed by atoms with Gasteiger partial charge < -0.3 is 10.1 Å². The molecule has 5 heteroatoms. The molecule has 0 amide bonds. The van der Waals surface area contributed by atoms with Crippen molar-refractivity contribution in [3.05, 3.63) is 22.7 Å². The highest BCUT2D eigenvalue weighted by atomic mass is 16.5. The predicted molar refractivity (Wildman–Crippen MR) is 95.8 cm³/mol. The molecule has 1 N–H and O–H groups in total. The monoisotopic (exact) mass is 343 g/mol. The average molecular weight is 343 g/mol. The van der Waals surface area contributed by atoms with Crippen molar-refractivity contribution in [1.82, 2.24) is 5.32 Å². The second kappa shape index (κ2) is 5.26. The van der Waals surface area contributed by atoms with Crippen LogP contribution in [0.4, 0.5) is 0 Å². The Labute approximate surface area is 150 Å². The Balaban J connectivity index is 1.84. The number of hydrogen-bond acceptors (Lipinski definition) is 5. The fourth-order valence-corrected chi connectivity index (χ4v) is 4.98. The van der Waals surface area contributed by atoms with E-state index in [1.54, 1.807) is 0 Å². The number of rotatable bonds is 0. The lowest BCUT2D eigenvalue weighted by Crippen LogP contribution is -2.50. The van der Waals surface area contributed by atoms with E-state index in [1.807, 2.05) is 0 Å². The number of carbonyl (C=O) groups excluding carboxylic acids is 1. The van der Waals surface area contributed by atoms with E-state index in [9.17, 15) is 4.79 Å². The van der Waals surface area contributed by atoms with Crippen LogP contribution in [0.25, 0.3) is 0 Å². The SMILES string of the molecule is CC1(C)CC(=O)C2=C(C1)NC1=C(CN=N1)[C@@]21CCO[C@H](C(C)(C)C)C1. The van der Waals surface area contributed by atoms with Crippen molar-refractivity contribution in [3.63, 3.8) is 0 Å². The number of allylic oxidation sites excluding steroid dienone is 2. The second-order valence-electron chi connectivity index (χ2n) is 9.91. The minimum Gasteiger partial charge on any atom is -0.378 e. The molecular weight excluding hydrogens is 314 g/mol. The van der Waals surface area contributed by atoms with Gasteiger partial charge in [-0.3, -0.25) is 4.79 Å². The Morgan fingerprint density at radius 3 is 2.72 bits per heavy atom. The quantitative estimate of drug-likeness (QED) is 0.719. The minimum atomic E-state index is -0.247. The Kier molecular flexibility index (Phi) is 3.56. The van der Waals surface area contributed by atoms with Gasteiger partial charge in [0.2, 0.25) is 0 Å². The summed E-state index contributed by atoms with van der Waals surface area (Å²) in [5, 5.41) is 12.1. The molecule has 0 aromatic rings. The Morgan fingerprint density at radius 2 is 2.00 bits per heavy atom. The summed E-state index contributed by atoms with van der Waals surface area (Å²) in [6.45, 7) is 12.3. The van der Waals surface area contributed by atoms with Crippen LogP contribution in [0.5, 0.6) is 0 Å². The number of nitrogens with one attached hydrogen (secondary N) is 1. The lowest BCUT2D eigenvalue weighted by molar-refractivity contribution is -0.122. The van der Waals surface area contributed by atoms with Crippen LogP contribution in [0, 0.1) is 16.2 Å². The first-order valence-corrected chi connectivity index (χ1v) is 9.39. The van der Waals surface area contributed by atoms with E-state index in [2.05, 4.69) is 50.2 Å². The normalized spacial score (nSPS) is 34.3. The van der Waals surface area contributed by atoms with Crippen molar-refractivity contribution < 1.29 is 9.53 Å². The lowest BCUT2D eigenvalue weighted by atomic mass is 9.58.